The number of halogens is 1. The van der Waals surface area contributed by atoms with Crippen LogP contribution < -0.4 is 4.72 Å². The molecule has 2 rings (SSSR count). The number of nitrogens with zero attached hydrogens (tertiary/aromatic N) is 1. The topological polar surface area (TPSA) is 59.1 Å². The Balaban J connectivity index is 2.25. The van der Waals surface area contributed by atoms with Crippen LogP contribution in [-0.2, 0) is 10.0 Å². The first kappa shape index (κ1) is 14.6. The van der Waals surface area contributed by atoms with E-state index in [2.05, 4.69) is 25.6 Å². The Kier molecular flexibility index (Phi) is 4.39. The molecule has 0 spiro atoms. The van der Waals surface area contributed by atoms with Gasteiger partial charge in [-0.15, -0.1) is 11.3 Å². The number of hydrogen-bond donors (Lipinski definition) is 1. The van der Waals surface area contributed by atoms with Crippen molar-refractivity contribution >= 4 is 37.3 Å². The van der Waals surface area contributed by atoms with Crippen LogP contribution in [0.1, 0.15) is 23.5 Å². The SMILES string of the molecule is Cc1cc(S(=O)(=O)NC(C)c2nccs2)ccc1Br. The molecule has 0 fully saturated rings. The molecule has 4 nitrogen and oxygen atoms in total. The second-order valence-corrected chi connectivity index (χ2v) is 7.62. The molecule has 1 unspecified atom stereocenters. The molecule has 0 aliphatic heterocycles. The fourth-order valence-corrected chi connectivity index (χ4v) is 3.84. The minimum atomic E-state index is -3.53. The predicted molar refractivity (Wildman–Crippen MR) is 79.7 cm³/mol. The van der Waals surface area contributed by atoms with Gasteiger partial charge < -0.3 is 0 Å². The van der Waals surface area contributed by atoms with Gasteiger partial charge in [-0.3, -0.25) is 0 Å². The van der Waals surface area contributed by atoms with Gasteiger partial charge in [-0.2, -0.15) is 0 Å². The molecule has 102 valence electrons. The second-order valence-electron chi connectivity index (χ2n) is 4.12. The number of benzene rings is 1. The van der Waals surface area contributed by atoms with Crippen LogP contribution in [-0.4, -0.2) is 13.4 Å². The van der Waals surface area contributed by atoms with Crippen molar-refractivity contribution in [3.05, 3.63) is 44.8 Å². The molecule has 2 aromatic rings. The standard InChI is InChI=1S/C12H13BrN2O2S2/c1-8-7-10(3-4-11(8)13)19(16,17)15-9(2)12-14-5-6-18-12/h3-7,9,15H,1-2H3. The summed E-state index contributed by atoms with van der Waals surface area (Å²) in [6.45, 7) is 3.63. The van der Waals surface area contributed by atoms with Gasteiger partial charge in [0.15, 0.2) is 0 Å². The Morgan fingerprint density at radius 3 is 2.74 bits per heavy atom. The van der Waals surface area contributed by atoms with E-state index in [1.54, 1.807) is 31.3 Å². The summed E-state index contributed by atoms with van der Waals surface area (Å²) in [6.07, 6.45) is 1.66. The van der Waals surface area contributed by atoms with E-state index >= 15 is 0 Å². The third-order valence-corrected chi connectivity index (χ3v) is 5.98. The number of thiazole rings is 1. The van der Waals surface area contributed by atoms with Crippen molar-refractivity contribution in [2.24, 2.45) is 0 Å². The number of rotatable bonds is 4. The molecule has 1 aromatic carbocycles. The van der Waals surface area contributed by atoms with Crippen LogP contribution in [0.25, 0.3) is 0 Å². The predicted octanol–water partition coefficient (Wildman–Crippen LogP) is 3.25. The van der Waals surface area contributed by atoms with E-state index < -0.39 is 10.0 Å². The van der Waals surface area contributed by atoms with Crippen LogP contribution in [0.3, 0.4) is 0 Å². The number of aryl methyl sites for hydroxylation is 1. The smallest absolute Gasteiger partial charge is 0.241 e. The summed E-state index contributed by atoms with van der Waals surface area (Å²) in [4.78, 5) is 4.37. The minimum Gasteiger partial charge on any atom is -0.248 e. The Morgan fingerprint density at radius 2 is 2.16 bits per heavy atom. The van der Waals surface area contributed by atoms with E-state index in [-0.39, 0.29) is 10.9 Å². The van der Waals surface area contributed by atoms with Crippen LogP contribution in [0.4, 0.5) is 0 Å². The summed E-state index contributed by atoms with van der Waals surface area (Å²) >= 11 is 4.78. The lowest BCUT2D eigenvalue weighted by atomic mass is 10.2. The van der Waals surface area contributed by atoms with Crippen LogP contribution in [0.5, 0.6) is 0 Å². The minimum absolute atomic E-state index is 0.261. The molecule has 1 N–H and O–H groups in total. The summed E-state index contributed by atoms with van der Waals surface area (Å²) in [5, 5.41) is 2.57. The zero-order valence-electron chi connectivity index (χ0n) is 10.4. The Hall–Kier alpha value is -0.760. The highest BCUT2D eigenvalue weighted by Crippen LogP contribution is 2.22. The molecule has 0 saturated heterocycles. The maximum Gasteiger partial charge on any atom is 0.241 e. The molecule has 0 radical (unpaired) electrons. The number of hydrogen-bond acceptors (Lipinski definition) is 4. The number of sulfonamides is 1. The largest absolute Gasteiger partial charge is 0.248 e. The van der Waals surface area contributed by atoms with E-state index in [0.717, 1.165) is 15.0 Å². The van der Waals surface area contributed by atoms with E-state index in [0.29, 0.717) is 0 Å². The lowest BCUT2D eigenvalue weighted by Gasteiger charge is -2.12. The molecule has 0 amide bonds. The average molecular weight is 361 g/mol. The third-order valence-electron chi connectivity index (χ3n) is 2.59. The van der Waals surface area contributed by atoms with Gasteiger partial charge in [-0.05, 0) is 37.6 Å². The molecule has 1 aromatic heterocycles. The monoisotopic (exact) mass is 360 g/mol. The first-order valence-electron chi connectivity index (χ1n) is 5.58. The summed E-state index contributed by atoms with van der Waals surface area (Å²) < 4.78 is 28.0. The quantitative estimate of drug-likeness (QED) is 0.910. The van der Waals surface area contributed by atoms with Crippen molar-refractivity contribution in [1.29, 1.82) is 0 Å². The highest BCUT2D eigenvalue weighted by Gasteiger charge is 2.20. The van der Waals surface area contributed by atoms with Crippen LogP contribution >= 0.6 is 27.3 Å². The van der Waals surface area contributed by atoms with Crippen molar-refractivity contribution < 1.29 is 8.42 Å². The molecular weight excluding hydrogens is 348 g/mol. The normalized spacial score (nSPS) is 13.4. The summed E-state index contributed by atoms with van der Waals surface area (Å²) in [7, 11) is -3.53. The molecule has 7 heteroatoms. The van der Waals surface area contributed by atoms with E-state index in [1.807, 2.05) is 12.3 Å². The number of aromatic nitrogens is 1. The van der Waals surface area contributed by atoms with Crippen molar-refractivity contribution in [2.75, 3.05) is 0 Å². The van der Waals surface area contributed by atoms with Gasteiger partial charge in [0, 0.05) is 16.0 Å². The summed E-state index contributed by atoms with van der Waals surface area (Å²) in [5.74, 6) is 0. The van der Waals surface area contributed by atoms with Gasteiger partial charge in [0.1, 0.15) is 5.01 Å². The molecule has 0 saturated carbocycles. The molecule has 0 aliphatic carbocycles. The van der Waals surface area contributed by atoms with Crippen LogP contribution in [0.15, 0.2) is 39.1 Å². The van der Waals surface area contributed by atoms with Crippen molar-refractivity contribution in [2.45, 2.75) is 24.8 Å². The first-order valence-corrected chi connectivity index (χ1v) is 8.73. The Bertz CT molecular complexity index is 669. The molecule has 1 atom stereocenters. The lowest BCUT2D eigenvalue weighted by Crippen LogP contribution is -2.26. The zero-order chi connectivity index (χ0) is 14.0. The maximum absolute atomic E-state index is 12.3. The van der Waals surface area contributed by atoms with E-state index in [9.17, 15) is 8.42 Å². The van der Waals surface area contributed by atoms with Crippen molar-refractivity contribution in [1.82, 2.24) is 9.71 Å². The van der Waals surface area contributed by atoms with Gasteiger partial charge in [-0.1, -0.05) is 15.9 Å². The fourth-order valence-electron chi connectivity index (χ4n) is 1.58. The van der Waals surface area contributed by atoms with Gasteiger partial charge in [0.2, 0.25) is 10.0 Å². The van der Waals surface area contributed by atoms with Gasteiger partial charge in [0.25, 0.3) is 0 Å². The molecule has 19 heavy (non-hydrogen) atoms. The first-order chi connectivity index (χ1) is 8.90. The van der Waals surface area contributed by atoms with Crippen molar-refractivity contribution in [3.63, 3.8) is 0 Å². The molecule has 0 aliphatic rings. The highest BCUT2D eigenvalue weighted by molar-refractivity contribution is 9.10. The van der Waals surface area contributed by atoms with Crippen LogP contribution in [0.2, 0.25) is 0 Å². The Morgan fingerprint density at radius 1 is 1.42 bits per heavy atom. The summed E-state index contributed by atoms with van der Waals surface area (Å²) in [5.41, 5.74) is 0.879. The highest BCUT2D eigenvalue weighted by atomic mass is 79.9. The van der Waals surface area contributed by atoms with E-state index in [4.69, 9.17) is 0 Å². The lowest BCUT2D eigenvalue weighted by molar-refractivity contribution is 0.566. The average Bonchev–Trinajstić information content (AvgIpc) is 2.85. The van der Waals surface area contributed by atoms with E-state index in [1.165, 1.54) is 11.3 Å². The van der Waals surface area contributed by atoms with Crippen LogP contribution in [0, 0.1) is 6.92 Å². The number of nitrogens with one attached hydrogen (secondary N) is 1. The second kappa shape index (κ2) is 5.70. The Labute approximate surface area is 125 Å². The van der Waals surface area contributed by atoms with Gasteiger partial charge in [-0.25, -0.2) is 18.1 Å². The summed E-state index contributed by atoms with van der Waals surface area (Å²) in [6, 6.07) is 4.61. The molecular formula is C12H13BrN2O2S2. The maximum atomic E-state index is 12.3. The zero-order valence-corrected chi connectivity index (χ0v) is 13.6. The van der Waals surface area contributed by atoms with Gasteiger partial charge >= 0.3 is 0 Å². The van der Waals surface area contributed by atoms with Crippen molar-refractivity contribution in [3.8, 4) is 0 Å². The van der Waals surface area contributed by atoms with Gasteiger partial charge in [0.05, 0.1) is 10.9 Å². The molecule has 0 bridgehead atoms. The fraction of sp³-hybridized carbons (Fsp3) is 0.250. The molecule has 1 heterocycles. The third kappa shape index (κ3) is 3.42.